The zero-order valence-corrected chi connectivity index (χ0v) is 14.3. The zero-order chi connectivity index (χ0) is 16.5. The number of aryl methyl sites for hydroxylation is 2. The Bertz CT molecular complexity index is 549. The van der Waals surface area contributed by atoms with Gasteiger partial charge in [-0.25, -0.2) is 4.79 Å². The lowest BCUT2D eigenvalue weighted by molar-refractivity contribution is 0.0186. The first kappa shape index (κ1) is 16.8. The molecule has 22 heavy (non-hydrogen) atoms. The lowest BCUT2D eigenvalue weighted by Gasteiger charge is -2.38. The van der Waals surface area contributed by atoms with Crippen molar-refractivity contribution in [3.8, 4) is 0 Å². The highest BCUT2D eigenvalue weighted by Gasteiger charge is 2.32. The first-order valence-electron chi connectivity index (χ1n) is 7.98. The van der Waals surface area contributed by atoms with Crippen molar-refractivity contribution in [2.75, 3.05) is 13.1 Å². The van der Waals surface area contributed by atoms with E-state index in [1.807, 2.05) is 20.8 Å². The van der Waals surface area contributed by atoms with E-state index in [1.165, 1.54) is 16.7 Å². The molecule has 4 nitrogen and oxygen atoms in total. The van der Waals surface area contributed by atoms with Crippen LogP contribution in [0.25, 0.3) is 0 Å². The number of piperidine rings is 1. The SMILES string of the molecule is Cc1ccc(C)c([C@H]2CCN(C(=O)OC(C)(C)C)C[C@H]2N)c1. The number of carbonyl (C=O) groups is 1. The van der Waals surface area contributed by atoms with Gasteiger partial charge in [0.2, 0.25) is 0 Å². The van der Waals surface area contributed by atoms with Crippen LogP contribution in [0.15, 0.2) is 18.2 Å². The molecule has 0 aliphatic carbocycles. The maximum absolute atomic E-state index is 12.2. The Morgan fingerprint density at radius 2 is 2.00 bits per heavy atom. The van der Waals surface area contributed by atoms with Crippen LogP contribution in [0, 0.1) is 13.8 Å². The maximum atomic E-state index is 12.2. The highest BCUT2D eigenvalue weighted by molar-refractivity contribution is 5.68. The van der Waals surface area contributed by atoms with Crippen molar-refractivity contribution in [3.05, 3.63) is 34.9 Å². The highest BCUT2D eigenvalue weighted by atomic mass is 16.6. The van der Waals surface area contributed by atoms with Gasteiger partial charge >= 0.3 is 6.09 Å². The molecule has 2 N–H and O–H groups in total. The molecule has 0 unspecified atom stereocenters. The summed E-state index contributed by atoms with van der Waals surface area (Å²) < 4.78 is 5.44. The Kier molecular flexibility index (Phi) is 4.81. The molecule has 0 bridgehead atoms. The smallest absolute Gasteiger partial charge is 0.410 e. The van der Waals surface area contributed by atoms with E-state index in [-0.39, 0.29) is 12.1 Å². The summed E-state index contributed by atoms with van der Waals surface area (Å²) in [5.74, 6) is 0.304. The molecule has 4 heteroatoms. The van der Waals surface area contributed by atoms with Gasteiger partial charge < -0.3 is 15.4 Å². The third kappa shape index (κ3) is 4.01. The number of nitrogens with two attached hydrogens (primary N) is 1. The van der Waals surface area contributed by atoms with Crippen LogP contribution in [0.1, 0.15) is 49.8 Å². The van der Waals surface area contributed by atoms with Gasteiger partial charge in [0.15, 0.2) is 0 Å². The quantitative estimate of drug-likeness (QED) is 0.865. The Hall–Kier alpha value is -1.55. The summed E-state index contributed by atoms with van der Waals surface area (Å²) in [6, 6.07) is 6.45. The minimum absolute atomic E-state index is 0.0539. The fourth-order valence-corrected chi connectivity index (χ4v) is 3.02. The van der Waals surface area contributed by atoms with Gasteiger partial charge in [0.05, 0.1) is 0 Å². The molecular formula is C18H28N2O2. The lowest BCUT2D eigenvalue weighted by Crippen LogP contribution is -2.50. The molecular weight excluding hydrogens is 276 g/mol. The number of benzene rings is 1. The number of hydrogen-bond acceptors (Lipinski definition) is 3. The first-order valence-corrected chi connectivity index (χ1v) is 7.98. The average Bonchev–Trinajstić information content (AvgIpc) is 2.40. The van der Waals surface area contributed by atoms with Crippen LogP contribution in [0.2, 0.25) is 0 Å². The standard InChI is InChI=1S/C18H28N2O2/c1-12-6-7-13(2)15(10-12)14-8-9-20(11-16(14)19)17(21)22-18(3,4)5/h6-7,10,14,16H,8-9,11,19H2,1-5H3/t14-,16-/m1/s1. The summed E-state index contributed by atoms with van der Waals surface area (Å²) in [6.07, 6.45) is 0.618. The highest BCUT2D eigenvalue weighted by Crippen LogP contribution is 2.30. The third-order valence-corrected chi connectivity index (χ3v) is 4.14. The van der Waals surface area contributed by atoms with E-state index >= 15 is 0 Å². The number of rotatable bonds is 1. The van der Waals surface area contributed by atoms with E-state index in [9.17, 15) is 4.79 Å². The number of amides is 1. The summed E-state index contributed by atoms with van der Waals surface area (Å²) >= 11 is 0. The molecule has 122 valence electrons. The van der Waals surface area contributed by atoms with Gasteiger partial charge in [-0.15, -0.1) is 0 Å². The van der Waals surface area contributed by atoms with Gasteiger partial charge in [-0.3, -0.25) is 0 Å². The number of likely N-dealkylation sites (tertiary alicyclic amines) is 1. The van der Waals surface area contributed by atoms with Crippen molar-refractivity contribution >= 4 is 6.09 Å². The fraction of sp³-hybridized carbons (Fsp3) is 0.611. The fourth-order valence-electron chi connectivity index (χ4n) is 3.02. The molecule has 0 spiro atoms. The Labute approximate surface area is 133 Å². The molecule has 1 amide bonds. The summed E-state index contributed by atoms with van der Waals surface area (Å²) in [5, 5.41) is 0. The second-order valence-electron chi connectivity index (χ2n) is 7.35. The summed E-state index contributed by atoms with van der Waals surface area (Å²) in [6.45, 7) is 11.1. The van der Waals surface area contributed by atoms with E-state index in [0.717, 1.165) is 6.42 Å². The van der Waals surface area contributed by atoms with E-state index in [4.69, 9.17) is 10.5 Å². The molecule has 1 aromatic carbocycles. The predicted octanol–water partition coefficient (Wildman–Crippen LogP) is 3.36. The van der Waals surface area contributed by atoms with Crippen LogP contribution in [0.4, 0.5) is 4.79 Å². The monoisotopic (exact) mass is 304 g/mol. The molecule has 2 atom stereocenters. The number of ether oxygens (including phenoxy) is 1. The molecule has 1 fully saturated rings. The predicted molar refractivity (Wildman–Crippen MR) is 89.1 cm³/mol. The summed E-state index contributed by atoms with van der Waals surface area (Å²) in [4.78, 5) is 13.9. The Balaban J connectivity index is 2.07. The van der Waals surface area contributed by atoms with E-state index < -0.39 is 5.60 Å². The normalized spacial score (nSPS) is 22.5. The molecule has 1 heterocycles. The first-order chi connectivity index (χ1) is 10.2. The second-order valence-corrected chi connectivity index (χ2v) is 7.35. The van der Waals surface area contributed by atoms with Crippen LogP contribution in [-0.2, 0) is 4.74 Å². The van der Waals surface area contributed by atoms with Gasteiger partial charge in [0.25, 0.3) is 0 Å². The van der Waals surface area contributed by atoms with Gasteiger partial charge in [-0.2, -0.15) is 0 Å². The second kappa shape index (κ2) is 6.29. The van der Waals surface area contributed by atoms with Gasteiger partial charge in [0, 0.05) is 25.0 Å². The summed E-state index contributed by atoms with van der Waals surface area (Å²) in [7, 11) is 0. The van der Waals surface area contributed by atoms with Crippen molar-refractivity contribution in [2.24, 2.45) is 5.73 Å². The molecule has 0 saturated carbocycles. The summed E-state index contributed by atoms with van der Waals surface area (Å²) in [5.41, 5.74) is 9.75. The average molecular weight is 304 g/mol. The van der Waals surface area contributed by atoms with Crippen LogP contribution in [-0.4, -0.2) is 35.7 Å². The van der Waals surface area contributed by atoms with Crippen LogP contribution >= 0.6 is 0 Å². The molecule has 1 aliphatic rings. The number of nitrogens with zero attached hydrogens (tertiary/aromatic N) is 1. The van der Waals surface area contributed by atoms with Crippen molar-refractivity contribution < 1.29 is 9.53 Å². The number of carbonyl (C=O) groups excluding carboxylic acids is 1. The molecule has 2 rings (SSSR count). The molecule has 1 aliphatic heterocycles. The minimum Gasteiger partial charge on any atom is -0.444 e. The van der Waals surface area contributed by atoms with E-state index in [2.05, 4.69) is 32.0 Å². The van der Waals surface area contributed by atoms with E-state index in [0.29, 0.717) is 19.0 Å². The van der Waals surface area contributed by atoms with Crippen molar-refractivity contribution in [2.45, 2.75) is 58.6 Å². The molecule has 1 saturated heterocycles. The number of hydrogen-bond donors (Lipinski definition) is 1. The largest absolute Gasteiger partial charge is 0.444 e. The van der Waals surface area contributed by atoms with Crippen LogP contribution in [0.5, 0.6) is 0 Å². The lowest BCUT2D eigenvalue weighted by atomic mass is 9.83. The van der Waals surface area contributed by atoms with Gasteiger partial charge in [0.1, 0.15) is 5.60 Å². The Morgan fingerprint density at radius 1 is 1.32 bits per heavy atom. The van der Waals surface area contributed by atoms with Gasteiger partial charge in [-0.1, -0.05) is 23.8 Å². The molecule has 0 aromatic heterocycles. The molecule has 0 radical (unpaired) electrons. The van der Waals surface area contributed by atoms with Crippen molar-refractivity contribution in [1.82, 2.24) is 4.90 Å². The topological polar surface area (TPSA) is 55.6 Å². The Morgan fingerprint density at radius 3 is 2.59 bits per heavy atom. The van der Waals surface area contributed by atoms with Gasteiger partial charge in [-0.05, 0) is 52.2 Å². The van der Waals surface area contributed by atoms with Crippen LogP contribution < -0.4 is 5.73 Å². The van der Waals surface area contributed by atoms with E-state index in [1.54, 1.807) is 4.90 Å². The third-order valence-electron chi connectivity index (χ3n) is 4.14. The zero-order valence-electron chi connectivity index (χ0n) is 14.3. The van der Waals surface area contributed by atoms with Crippen molar-refractivity contribution in [3.63, 3.8) is 0 Å². The minimum atomic E-state index is -0.467. The maximum Gasteiger partial charge on any atom is 0.410 e. The van der Waals surface area contributed by atoms with Crippen LogP contribution in [0.3, 0.4) is 0 Å². The van der Waals surface area contributed by atoms with Crippen molar-refractivity contribution in [1.29, 1.82) is 0 Å². The molecule has 1 aromatic rings.